The van der Waals surface area contributed by atoms with Gasteiger partial charge in [0.05, 0.1) is 0 Å². The molecule has 0 aliphatic rings. The van der Waals surface area contributed by atoms with Crippen molar-refractivity contribution in [2.75, 3.05) is 12.3 Å². The van der Waals surface area contributed by atoms with Crippen LogP contribution in [0.1, 0.15) is 20.3 Å². The first-order valence-corrected chi connectivity index (χ1v) is 4.88. The van der Waals surface area contributed by atoms with Gasteiger partial charge in [-0.1, -0.05) is 13.8 Å². The minimum Gasteiger partial charge on any atom is -0.337 e. The van der Waals surface area contributed by atoms with Crippen LogP contribution in [-0.2, 0) is 4.79 Å². The Morgan fingerprint density at radius 1 is 1.38 bits per heavy atom. The number of amides is 3. The Kier molecular flexibility index (Phi) is 6.40. The van der Waals surface area contributed by atoms with Crippen LogP contribution in [0.5, 0.6) is 0 Å². The highest BCUT2D eigenvalue weighted by atomic mass is 32.1. The highest BCUT2D eigenvalue weighted by Crippen LogP contribution is 1.97. The summed E-state index contributed by atoms with van der Waals surface area (Å²) in [4.78, 5) is 22.0. The fourth-order valence-corrected chi connectivity index (χ4v) is 0.874. The number of imide groups is 1. The first-order chi connectivity index (χ1) is 6.06. The van der Waals surface area contributed by atoms with Crippen molar-refractivity contribution in [3.8, 4) is 0 Å². The third-order valence-electron chi connectivity index (χ3n) is 1.24. The monoisotopic (exact) mass is 204 g/mol. The minimum absolute atomic E-state index is 0.244. The molecule has 0 unspecified atom stereocenters. The molecule has 0 aliphatic heterocycles. The van der Waals surface area contributed by atoms with E-state index in [1.54, 1.807) is 0 Å². The lowest BCUT2D eigenvalue weighted by molar-refractivity contribution is -0.120. The second kappa shape index (κ2) is 6.77. The second-order valence-electron chi connectivity index (χ2n) is 3.13. The normalized spacial score (nSPS) is 9.85. The van der Waals surface area contributed by atoms with Crippen LogP contribution in [0.2, 0.25) is 0 Å². The Morgan fingerprint density at radius 3 is 2.46 bits per heavy atom. The molecule has 13 heavy (non-hydrogen) atoms. The van der Waals surface area contributed by atoms with Gasteiger partial charge < -0.3 is 5.32 Å². The second-order valence-corrected chi connectivity index (χ2v) is 3.57. The zero-order chi connectivity index (χ0) is 10.3. The van der Waals surface area contributed by atoms with Gasteiger partial charge in [-0.2, -0.15) is 12.6 Å². The van der Waals surface area contributed by atoms with Gasteiger partial charge in [-0.15, -0.1) is 0 Å². The van der Waals surface area contributed by atoms with Crippen molar-refractivity contribution in [3.63, 3.8) is 0 Å². The largest absolute Gasteiger partial charge is 0.337 e. The standard InChI is InChI=1S/C8H16N2O2S/c1-6(2)5-7(11)10-8(12)9-3-4-13/h6,13H,3-5H2,1-2H3,(H2,9,10,11,12). The van der Waals surface area contributed by atoms with Crippen molar-refractivity contribution in [2.45, 2.75) is 20.3 Å². The number of thiol groups is 1. The van der Waals surface area contributed by atoms with Crippen LogP contribution in [-0.4, -0.2) is 24.2 Å². The summed E-state index contributed by atoms with van der Waals surface area (Å²) in [5, 5.41) is 4.71. The highest BCUT2D eigenvalue weighted by Gasteiger charge is 2.07. The molecule has 5 heteroatoms. The van der Waals surface area contributed by atoms with Gasteiger partial charge in [0.25, 0.3) is 0 Å². The molecular weight excluding hydrogens is 188 g/mol. The zero-order valence-electron chi connectivity index (χ0n) is 7.96. The molecule has 0 heterocycles. The van der Waals surface area contributed by atoms with E-state index in [0.29, 0.717) is 18.7 Å². The molecule has 0 atom stereocenters. The van der Waals surface area contributed by atoms with Gasteiger partial charge in [-0.25, -0.2) is 4.79 Å². The predicted octanol–water partition coefficient (Wildman–Crippen LogP) is 0.788. The van der Waals surface area contributed by atoms with E-state index in [1.165, 1.54) is 0 Å². The Morgan fingerprint density at radius 2 is 2.00 bits per heavy atom. The Balaban J connectivity index is 3.59. The summed E-state index contributed by atoms with van der Waals surface area (Å²) < 4.78 is 0. The lowest BCUT2D eigenvalue weighted by atomic mass is 10.1. The fourth-order valence-electron chi connectivity index (χ4n) is 0.762. The SMILES string of the molecule is CC(C)CC(=O)NC(=O)NCCS. The van der Waals surface area contributed by atoms with Crippen molar-refractivity contribution < 1.29 is 9.59 Å². The zero-order valence-corrected chi connectivity index (χ0v) is 8.86. The summed E-state index contributed by atoms with van der Waals surface area (Å²) in [5.41, 5.74) is 0. The van der Waals surface area contributed by atoms with E-state index in [1.807, 2.05) is 13.8 Å². The fraction of sp³-hybridized carbons (Fsp3) is 0.750. The molecule has 0 aromatic carbocycles. The number of nitrogens with one attached hydrogen (secondary N) is 2. The predicted molar refractivity (Wildman–Crippen MR) is 54.8 cm³/mol. The molecule has 0 aromatic rings. The Labute approximate surface area is 83.9 Å². The maximum Gasteiger partial charge on any atom is 0.321 e. The first kappa shape index (κ1) is 12.3. The van der Waals surface area contributed by atoms with Crippen LogP contribution in [0.25, 0.3) is 0 Å². The van der Waals surface area contributed by atoms with E-state index in [-0.39, 0.29) is 11.8 Å². The molecule has 0 rings (SSSR count). The first-order valence-electron chi connectivity index (χ1n) is 4.24. The van der Waals surface area contributed by atoms with E-state index in [0.717, 1.165) is 0 Å². The van der Waals surface area contributed by atoms with Gasteiger partial charge >= 0.3 is 6.03 Å². The summed E-state index contributed by atoms with van der Waals surface area (Å²) in [5.74, 6) is 0.579. The lowest BCUT2D eigenvalue weighted by Crippen LogP contribution is -2.40. The van der Waals surface area contributed by atoms with E-state index in [4.69, 9.17) is 0 Å². The number of hydrogen-bond acceptors (Lipinski definition) is 3. The van der Waals surface area contributed by atoms with Crippen LogP contribution in [0.3, 0.4) is 0 Å². The van der Waals surface area contributed by atoms with Crippen LogP contribution in [0, 0.1) is 5.92 Å². The Bertz CT molecular complexity index is 183. The van der Waals surface area contributed by atoms with Crippen molar-refractivity contribution in [2.24, 2.45) is 5.92 Å². The summed E-state index contributed by atoms with van der Waals surface area (Å²) in [7, 11) is 0. The smallest absolute Gasteiger partial charge is 0.321 e. The van der Waals surface area contributed by atoms with E-state index >= 15 is 0 Å². The molecule has 2 N–H and O–H groups in total. The van der Waals surface area contributed by atoms with Gasteiger partial charge in [0, 0.05) is 18.7 Å². The summed E-state index contributed by atoms with van der Waals surface area (Å²) in [6.07, 6.45) is 0.369. The topological polar surface area (TPSA) is 58.2 Å². The summed E-state index contributed by atoms with van der Waals surface area (Å²) in [6.45, 7) is 4.31. The molecule has 0 aromatic heterocycles. The van der Waals surface area contributed by atoms with Crippen LogP contribution in [0.15, 0.2) is 0 Å². The van der Waals surface area contributed by atoms with E-state index in [2.05, 4.69) is 23.3 Å². The van der Waals surface area contributed by atoms with E-state index < -0.39 is 6.03 Å². The van der Waals surface area contributed by atoms with Crippen LogP contribution in [0.4, 0.5) is 4.79 Å². The molecular formula is C8H16N2O2S. The van der Waals surface area contributed by atoms with Gasteiger partial charge in [-0.05, 0) is 5.92 Å². The molecule has 76 valence electrons. The summed E-state index contributed by atoms with van der Waals surface area (Å²) >= 11 is 3.91. The maximum absolute atomic E-state index is 11.0. The molecule has 0 spiro atoms. The number of hydrogen-bond donors (Lipinski definition) is 3. The third-order valence-corrected chi connectivity index (χ3v) is 1.47. The molecule has 4 nitrogen and oxygen atoms in total. The van der Waals surface area contributed by atoms with Crippen molar-refractivity contribution in [1.29, 1.82) is 0 Å². The molecule has 0 bridgehead atoms. The maximum atomic E-state index is 11.0. The number of rotatable bonds is 4. The molecule has 0 fully saturated rings. The lowest BCUT2D eigenvalue weighted by Gasteiger charge is -2.06. The molecule has 3 amide bonds. The van der Waals surface area contributed by atoms with Gasteiger partial charge in [0.15, 0.2) is 0 Å². The van der Waals surface area contributed by atoms with Gasteiger partial charge in [-0.3, -0.25) is 10.1 Å². The molecule has 0 radical (unpaired) electrons. The quantitative estimate of drug-likeness (QED) is 0.593. The minimum atomic E-state index is -0.445. The van der Waals surface area contributed by atoms with Crippen molar-refractivity contribution in [1.82, 2.24) is 10.6 Å². The van der Waals surface area contributed by atoms with Crippen molar-refractivity contribution in [3.05, 3.63) is 0 Å². The number of urea groups is 1. The third kappa shape index (κ3) is 7.64. The average Bonchev–Trinajstić information content (AvgIpc) is 1.98. The molecule has 0 saturated carbocycles. The van der Waals surface area contributed by atoms with Crippen molar-refractivity contribution >= 4 is 24.6 Å². The van der Waals surface area contributed by atoms with Gasteiger partial charge in [0.1, 0.15) is 0 Å². The molecule has 0 aliphatic carbocycles. The average molecular weight is 204 g/mol. The summed E-state index contributed by atoms with van der Waals surface area (Å²) in [6, 6.07) is -0.445. The van der Waals surface area contributed by atoms with Gasteiger partial charge in [0.2, 0.25) is 5.91 Å². The Hall–Kier alpha value is -0.710. The molecule has 0 saturated heterocycles. The van der Waals surface area contributed by atoms with E-state index in [9.17, 15) is 9.59 Å². The van der Waals surface area contributed by atoms with Crippen LogP contribution < -0.4 is 10.6 Å². The van der Waals surface area contributed by atoms with Crippen LogP contribution >= 0.6 is 12.6 Å². The number of carbonyl (C=O) groups is 2. The number of carbonyl (C=O) groups excluding carboxylic acids is 2. The highest BCUT2D eigenvalue weighted by molar-refractivity contribution is 7.80.